The standard InChI is InChI=1S/C27H33O9P.C8H6O3/c1-28-16-10-19(31-4)25(20(11-16)32-5)37(26-21(33-6)12-17(29-2)13-22(26)34-7)27-23(35-8)14-18(30-3)15-24(27)36-9;9-7(8(10)11)6-4-2-1-3-5-6/h10-15H,1-9H3;1-5H,(H,10,11). The van der Waals surface area contributed by atoms with E-state index < -0.39 is 19.7 Å². The summed E-state index contributed by atoms with van der Waals surface area (Å²) in [4.78, 5) is 20.9. The van der Waals surface area contributed by atoms with E-state index in [0.717, 1.165) is 15.9 Å². The van der Waals surface area contributed by atoms with Crippen LogP contribution in [0.15, 0.2) is 66.7 Å². The lowest BCUT2D eigenvalue weighted by atomic mass is 10.1. The van der Waals surface area contributed by atoms with E-state index in [-0.39, 0.29) is 5.56 Å². The molecule has 0 spiro atoms. The summed E-state index contributed by atoms with van der Waals surface area (Å²) in [5, 5.41) is 10.5. The monoisotopic (exact) mass is 682 g/mol. The number of benzene rings is 4. The van der Waals surface area contributed by atoms with Gasteiger partial charge in [-0.05, 0) is 0 Å². The molecule has 0 atom stereocenters. The van der Waals surface area contributed by atoms with E-state index in [4.69, 9.17) is 47.7 Å². The largest absolute Gasteiger partial charge is 0.496 e. The predicted octanol–water partition coefficient (Wildman–Crippen LogP) is 4.48. The van der Waals surface area contributed by atoms with Gasteiger partial charge in [0.15, 0.2) is 0 Å². The number of rotatable bonds is 14. The van der Waals surface area contributed by atoms with Gasteiger partial charge in [0.05, 0.1) is 79.9 Å². The Hall–Kier alpha value is -5.35. The first kappa shape index (κ1) is 37.1. The van der Waals surface area contributed by atoms with Crippen LogP contribution in [0.3, 0.4) is 0 Å². The Morgan fingerprint density at radius 1 is 0.458 bits per heavy atom. The zero-order valence-electron chi connectivity index (χ0n) is 28.2. The van der Waals surface area contributed by atoms with Crippen LogP contribution in [0.2, 0.25) is 0 Å². The number of ketones is 1. The number of carboxylic acids is 1. The van der Waals surface area contributed by atoms with Gasteiger partial charge in [0.25, 0.3) is 5.78 Å². The van der Waals surface area contributed by atoms with Crippen LogP contribution in [0.5, 0.6) is 51.7 Å². The van der Waals surface area contributed by atoms with Crippen LogP contribution < -0.4 is 58.5 Å². The molecule has 0 aromatic heterocycles. The smallest absolute Gasteiger partial charge is 0.377 e. The van der Waals surface area contributed by atoms with Gasteiger partial charge in [-0.2, -0.15) is 0 Å². The molecule has 0 amide bonds. The predicted molar refractivity (Wildman–Crippen MR) is 183 cm³/mol. The third-order valence-electron chi connectivity index (χ3n) is 6.97. The number of hydrogen-bond donors (Lipinski definition) is 1. The number of Topliss-reactive ketones (excluding diaryl/α,β-unsaturated/α-hetero) is 1. The lowest BCUT2D eigenvalue weighted by Gasteiger charge is -2.29. The molecule has 0 radical (unpaired) electrons. The summed E-state index contributed by atoms with van der Waals surface area (Å²) in [5.74, 6) is 2.71. The fourth-order valence-electron chi connectivity index (χ4n) is 4.67. The Morgan fingerprint density at radius 2 is 0.729 bits per heavy atom. The number of ether oxygens (including phenoxy) is 9. The normalized spacial score (nSPS) is 10.2. The van der Waals surface area contributed by atoms with Gasteiger partial charge in [0.1, 0.15) is 51.7 Å². The number of carboxylic acid groups (broad SMARTS) is 1. The lowest BCUT2D eigenvalue weighted by Crippen LogP contribution is -2.27. The van der Waals surface area contributed by atoms with Crippen LogP contribution in [-0.2, 0) is 4.79 Å². The molecule has 12 nitrogen and oxygen atoms in total. The Morgan fingerprint density at radius 3 is 0.938 bits per heavy atom. The summed E-state index contributed by atoms with van der Waals surface area (Å²) < 4.78 is 51.8. The van der Waals surface area contributed by atoms with E-state index in [1.54, 1.807) is 119 Å². The Bertz CT molecular complexity index is 1480. The molecule has 48 heavy (non-hydrogen) atoms. The van der Waals surface area contributed by atoms with E-state index in [1.807, 2.05) is 0 Å². The molecule has 0 unspecified atom stereocenters. The first-order valence-corrected chi connectivity index (χ1v) is 15.5. The van der Waals surface area contributed by atoms with Crippen LogP contribution >= 0.6 is 7.92 Å². The van der Waals surface area contributed by atoms with Crippen molar-refractivity contribution in [1.29, 1.82) is 0 Å². The van der Waals surface area contributed by atoms with Crippen LogP contribution in [0, 0.1) is 0 Å². The van der Waals surface area contributed by atoms with Crippen molar-refractivity contribution >= 4 is 35.6 Å². The summed E-state index contributed by atoms with van der Waals surface area (Å²) >= 11 is 0. The Labute approximate surface area is 280 Å². The minimum Gasteiger partial charge on any atom is -0.496 e. The van der Waals surface area contributed by atoms with Crippen LogP contribution in [0.25, 0.3) is 0 Å². The fraction of sp³-hybridized carbons (Fsp3) is 0.257. The van der Waals surface area contributed by atoms with Crippen molar-refractivity contribution < 1.29 is 57.3 Å². The van der Waals surface area contributed by atoms with Gasteiger partial charge in [0, 0.05) is 49.9 Å². The second kappa shape index (κ2) is 17.5. The number of carbonyl (C=O) groups excluding carboxylic acids is 1. The number of aliphatic carboxylic acids is 1. The highest BCUT2D eigenvalue weighted by atomic mass is 31.1. The molecule has 0 aliphatic rings. The minimum absolute atomic E-state index is 0.208. The average Bonchev–Trinajstić information content (AvgIpc) is 3.14. The van der Waals surface area contributed by atoms with Crippen LogP contribution in [-0.4, -0.2) is 80.8 Å². The van der Waals surface area contributed by atoms with Gasteiger partial charge in [-0.1, -0.05) is 30.3 Å². The molecule has 0 fully saturated rings. The van der Waals surface area contributed by atoms with Crippen LogP contribution in [0.4, 0.5) is 0 Å². The Kier molecular flexibility index (Phi) is 13.6. The molecule has 0 aliphatic carbocycles. The second-order valence-corrected chi connectivity index (χ2v) is 11.5. The SMILES string of the molecule is COc1cc(OC)c(P(c2c(OC)cc(OC)cc2OC)c2c(OC)cc(OC)cc2OC)c(OC)c1.O=C(O)C(=O)c1ccccc1. The van der Waals surface area contributed by atoms with Gasteiger partial charge in [0.2, 0.25) is 0 Å². The third kappa shape index (κ3) is 8.13. The molecule has 4 aromatic carbocycles. The van der Waals surface area contributed by atoms with Crippen molar-refractivity contribution in [1.82, 2.24) is 0 Å². The molecular formula is C35H39O12P. The summed E-state index contributed by atoms with van der Waals surface area (Å²) in [6.45, 7) is 0. The van der Waals surface area contributed by atoms with E-state index in [9.17, 15) is 9.59 Å². The van der Waals surface area contributed by atoms with Gasteiger partial charge >= 0.3 is 5.97 Å². The summed E-state index contributed by atoms with van der Waals surface area (Å²) in [5.41, 5.74) is 0.208. The van der Waals surface area contributed by atoms with Gasteiger partial charge in [-0.25, -0.2) is 4.79 Å². The van der Waals surface area contributed by atoms with Gasteiger partial charge < -0.3 is 47.7 Å². The summed E-state index contributed by atoms with van der Waals surface area (Å²) in [6, 6.07) is 18.7. The van der Waals surface area contributed by atoms with E-state index in [0.29, 0.717) is 51.7 Å². The van der Waals surface area contributed by atoms with Crippen molar-refractivity contribution in [2.75, 3.05) is 64.0 Å². The average molecular weight is 683 g/mol. The molecule has 256 valence electrons. The molecule has 13 heteroatoms. The highest BCUT2D eigenvalue weighted by Crippen LogP contribution is 2.51. The molecule has 0 bridgehead atoms. The van der Waals surface area contributed by atoms with Crippen molar-refractivity contribution in [3.8, 4) is 51.7 Å². The second-order valence-electron chi connectivity index (χ2n) is 9.48. The van der Waals surface area contributed by atoms with Crippen molar-refractivity contribution in [2.24, 2.45) is 0 Å². The first-order chi connectivity index (χ1) is 23.2. The molecule has 0 aliphatic heterocycles. The maximum Gasteiger partial charge on any atom is 0.377 e. The molecular weight excluding hydrogens is 643 g/mol. The fourth-order valence-corrected chi connectivity index (χ4v) is 7.60. The summed E-state index contributed by atoms with van der Waals surface area (Å²) in [6.07, 6.45) is 0. The Balaban J connectivity index is 0.000000480. The first-order valence-electron chi connectivity index (χ1n) is 14.2. The van der Waals surface area contributed by atoms with Crippen molar-refractivity contribution in [3.63, 3.8) is 0 Å². The molecule has 4 rings (SSSR count). The van der Waals surface area contributed by atoms with Crippen LogP contribution in [0.1, 0.15) is 10.4 Å². The van der Waals surface area contributed by atoms with E-state index in [1.165, 1.54) is 12.1 Å². The van der Waals surface area contributed by atoms with Gasteiger partial charge in [-0.15, -0.1) is 0 Å². The number of carbonyl (C=O) groups is 2. The molecule has 0 heterocycles. The zero-order valence-corrected chi connectivity index (χ0v) is 29.1. The third-order valence-corrected chi connectivity index (χ3v) is 9.63. The highest BCUT2D eigenvalue weighted by molar-refractivity contribution is 7.81. The molecule has 4 aromatic rings. The summed E-state index contributed by atoms with van der Waals surface area (Å²) in [7, 11) is 12.7. The zero-order chi connectivity index (χ0) is 35.4. The minimum atomic E-state index is -1.57. The van der Waals surface area contributed by atoms with Gasteiger partial charge in [-0.3, -0.25) is 4.79 Å². The molecule has 0 saturated heterocycles. The van der Waals surface area contributed by atoms with Crippen molar-refractivity contribution in [2.45, 2.75) is 0 Å². The lowest BCUT2D eigenvalue weighted by molar-refractivity contribution is -0.131. The number of hydrogen-bond acceptors (Lipinski definition) is 11. The van der Waals surface area contributed by atoms with E-state index >= 15 is 0 Å². The molecule has 1 N–H and O–H groups in total. The number of methoxy groups -OCH3 is 9. The maximum absolute atomic E-state index is 10.7. The molecule has 0 saturated carbocycles. The quantitative estimate of drug-likeness (QED) is 0.114. The topological polar surface area (TPSA) is 137 Å². The maximum atomic E-state index is 10.7. The highest BCUT2D eigenvalue weighted by Gasteiger charge is 2.36. The van der Waals surface area contributed by atoms with E-state index in [2.05, 4.69) is 0 Å². The van der Waals surface area contributed by atoms with Crippen molar-refractivity contribution in [3.05, 3.63) is 72.3 Å².